The molecular formula is C16H16FNO. The van der Waals surface area contributed by atoms with Gasteiger partial charge in [0, 0.05) is 7.05 Å². The molecule has 1 amide bonds. The molecule has 1 atom stereocenters. The van der Waals surface area contributed by atoms with E-state index in [0.29, 0.717) is 5.92 Å². The van der Waals surface area contributed by atoms with Gasteiger partial charge in [0.15, 0.2) is 0 Å². The number of carbonyl (C=O) groups excluding carboxylic acids is 1. The molecule has 0 aliphatic heterocycles. The molecule has 1 saturated carbocycles. The first-order valence-corrected chi connectivity index (χ1v) is 6.60. The van der Waals surface area contributed by atoms with Crippen LogP contribution in [0, 0.1) is 11.7 Å². The van der Waals surface area contributed by atoms with Gasteiger partial charge in [0.05, 0.1) is 5.92 Å². The van der Waals surface area contributed by atoms with Crippen LogP contribution in [0.15, 0.2) is 36.4 Å². The standard InChI is InChI=1S/C16H16FNO/c1-18-16(19)15(11-5-6-11)13-4-2-3-10-7-8-12(17)9-14(10)13/h2-4,7-9,11,15H,5-6H2,1H3,(H,18,19). The van der Waals surface area contributed by atoms with Gasteiger partial charge in [-0.2, -0.15) is 0 Å². The van der Waals surface area contributed by atoms with Crippen LogP contribution in [0.25, 0.3) is 10.8 Å². The molecule has 0 heterocycles. The van der Waals surface area contributed by atoms with E-state index in [9.17, 15) is 9.18 Å². The van der Waals surface area contributed by atoms with E-state index in [-0.39, 0.29) is 17.6 Å². The number of fused-ring (bicyclic) bond motifs is 1. The van der Waals surface area contributed by atoms with Crippen molar-refractivity contribution in [3.63, 3.8) is 0 Å². The molecule has 1 fully saturated rings. The lowest BCUT2D eigenvalue weighted by atomic mass is 9.89. The first kappa shape index (κ1) is 12.2. The van der Waals surface area contributed by atoms with Crippen LogP contribution in [0.3, 0.4) is 0 Å². The normalized spacial score (nSPS) is 16.3. The van der Waals surface area contributed by atoms with Gasteiger partial charge in [0.25, 0.3) is 0 Å². The Morgan fingerprint density at radius 1 is 1.32 bits per heavy atom. The van der Waals surface area contributed by atoms with Gasteiger partial charge in [0.1, 0.15) is 5.82 Å². The minimum absolute atomic E-state index is 0.0271. The summed E-state index contributed by atoms with van der Waals surface area (Å²) < 4.78 is 13.5. The predicted octanol–water partition coefficient (Wildman–Crippen LogP) is 3.22. The monoisotopic (exact) mass is 257 g/mol. The van der Waals surface area contributed by atoms with Crippen molar-refractivity contribution in [2.75, 3.05) is 7.05 Å². The molecule has 2 aromatic carbocycles. The summed E-state index contributed by atoms with van der Waals surface area (Å²) in [6, 6.07) is 10.6. The van der Waals surface area contributed by atoms with E-state index >= 15 is 0 Å². The zero-order valence-electron chi connectivity index (χ0n) is 10.8. The number of halogens is 1. The molecule has 3 rings (SSSR count). The molecule has 1 unspecified atom stereocenters. The van der Waals surface area contributed by atoms with Gasteiger partial charge in [-0.25, -0.2) is 4.39 Å². The second-order valence-corrected chi connectivity index (χ2v) is 5.14. The van der Waals surface area contributed by atoms with Crippen LogP contribution >= 0.6 is 0 Å². The number of nitrogens with one attached hydrogen (secondary N) is 1. The molecule has 2 nitrogen and oxygen atoms in total. The van der Waals surface area contributed by atoms with Crippen molar-refractivity contribution in [3.05, 3.63) is 47.8 Å². The topological polar surface area (TPSA) is 29.1 Å². The molecule has 1 aliphatic carbocycles. The lowest BCUT2D eigenvalue weighted by Gasteiger charge is -2.17. The third-order valence-corrected chi connectivity index (χ3v) is 3.84. The highest BCUT2D eigenvalue weighted by molar-refractivity contribution is 5.93. The first-order valence-electron chi connectivity index (χ1n) is 6.60. The summed E-state index contributed by atoms with van der Waals surface area (Å²) in [6.07, 6.45) is 2.15. The van der Waals surface area contributed by atoms with Crippen LogP contribution in [0.4, 0.5) is 4.39 Å². The highest BCUT2D eigenvalue weighted by Crippen LogP contribution is 2.44. The van der Waals surface area contributed by atoms with Gasteiger partial charge in [-0.1, -0.05) is 24.3 Å². The van der Waals surface area contributed by atoms with Gasteiger partial charge in [-0.3, -0.25) is 4.79 Å². The van der Waals surface area contributed by atoms with Crippen molar-refractivity contribution in [2.45, 2.75) is 18.8 Å². The number of likely N-dealkylation sites (N-methyl/N-ethyl adjacent to an activating group) is 1. The molecule has 1 N–H and O–H groups in total. The summed E-state index contributed by atoms with van der Waals surface area (Å²) in [7, 11) is 1.66. The average molecular weight is 257 g/mol. The predicted molar refractivity (Wildman–Crippen MR) is 73.4 cm³/mol. The Labute approximate surface area is 111 Å². The summed E-state index contributed by atoms with van der Waals surface area (Å²) in [6.45, 7) is 0. The second kappa shape index (κ2) is 4.65. The summed E-state index contributed by atoms with van der Waals surface area (Å²) in [5.74, 6) is 0.00924. The fourth-order valence-electron chi connectivity index (χ4n) is 2.73. The lowest BCUT2D eigenvalue weighted by Crippen LogP contribution is -2.27. The van der Waals surface area contributed by atoms with Crippen molar-refractivity contribution >= 4 is 16.7 Å². The second-order valence-electron chi connectivity index (χ2n) is 5.14. The largest absolute Gasteiger partial charge is 0.359 e. The molecule has 0 saturated heterocycles. The lowest BCUT2D eigenvalue weighted by molar-refractivity contribution is -0.122. The third-order valence-electron chi connectivity index (χ3n) is 3.84. The Hall–Kier alpha value is -1.90. The Morgan fingerprint density at radius 2 is 2.11 bits per heavy atom. The molecule has 3 heteroatoms. The highest BCUT2D eigenvalue weighted by atomic mass is 19.1. The van der Waals surface area contributed by atoms with E-state index in [4.69, 9.17) is 0 Å². The minimum Gasteiger partial charge on any atom is -0.359 e. The molecule has 1 aliphatic rings. The summed E-state index contributed by atoms with van der Waals surface area (Å²) in [5.41, 5.74) is 0.943. The molecule has 2 aromatic rings. The Kier molecular flexibility index (Phi) is 2.97. The Morgan fingerprint density at radius 3 is 2.79 bits per heavy atom. The minimum atomic E-state index is -0.258. The number of carbonyl (C=O) groups is 1. The number of rotatable bonds is 3. The summed E-state index contributed by atoms with van der Waals surface area (Å²) in [4.78, 5) is 12.1. The molecule has 0 aromatic heterocycles. The van der Waals surface area contributed by atoms with Crippen molar-refractivity contribution in [1.29, 1.82) is 0 Å². The Bertz CT molecular complexity index is 634. The van der Waals surface area contributed by atoms with Gasteiger partial charge in [0.2, 0.25) is 5.91 Å². The van der Waals surface area contributed by atoms with Crippen LogP contribution in [0.2, 0.25) is 0 Å². The van der Waals surface area contributed by atoms with E-state index in [0.717, 1.165) is 29.2 Å². The molecule has 19 heavy (non-hydrogen) atoms. The van der Waals surface area contributed by atoms with Crippen LogP contribution in [-0.2, 0) is 4.79 Å². The molecule has 0 spiro atoms. The van der Waals surface area contributed by atoms with E-state index in [1.165, 1.54) is 12.1 Å². The SMILES string of the molecule is CNC(=O)C(c1cccc2ccc(F)cc12)C1CC1. The molecule has 0 radical (unpaired) electrons. The number of hydrogen-bond donors (Lipinski definition) is 1. The maximum Gasteiger partial charge on any atom is 0.227 e. The smallest absolute Gasteiger partial charge is 0.227 e. The van der Waals surface area contributed by atoms with Gasteiger partial charge in [-0.05, 0) is 47.2 Å². The van der Waals surface area contributed by atoms with E-state index in [2.05, 4.69) is 5.32 Å². The zero-order valence-corrected chi connectivity index (χ0v) is 10.8. The van der Waals surface area contributed by atoms with E-state index < -0.39 is 0 Å². The van der Waals surface area contributed by atoms with Gasteiger partial charge in [-0.15, -0.1) is 0 Å². The molecule has 98 valence electrons. The quantitative estimate of drug-likeness (QED) is 0.898. The van der Waals surface area contributed by atoms with Crippen molar-refractivity contribution in [1.82, 2.24) is 5.32 Å². The van der Waals surface area contributed by atoms with Crippen LogP contribution < -0.4 is 5.32 Å². The van der Waals surface area contributed by atoms with Crippen molar-refractivity contribution < 1.29 is 9.18 Å². The van der Waals surface area contributed by atoms with Crippen molar-refractivity contribution in [3.8, 4) is 0 Å². The van der Waals surface area contributed by atoms with Crippen molar-refractivity contribution in [2.24, 2.45) is 5.92 Å². The first-order chi connectivity index (χ1) is 9.20. The zero-order chi connectivity index (χ0) is 13.4. The highest BCUT2D eigenvalue weighted by Gasteiger charge is 2.37. The average Bonchev–Trinajstić information content (AvgIpc) is 3.24. The number of benzene rings is 2. The van der Waals surface area contributed by atoms with Crippen LogP contribution in [0.1, 0.15) is 24.3 Å². The van der Waals surface area contributed by atoms with Crippen LogP contribution in [-0.4, -0.2) is 13.0 Å². The summed E-state index contributed by atoms with van der Waals surface area (Å²) >= 11 is 0. The molecule has 0 bridgehead atoms. The number of amides is 1. The number of hydrogen-bond acceptors (Lipinski definition) is 1. The van der Waals surface area contributed by atoms with Crippen LogP contribution in [0.5, 0.6) is 0 Å². The maximum atomic E-state index is 13.5. The Balaban J connectivity index is 2.17. The van der Waals surface area contributed by atoms with Gasteiger partial charge >= 0.3 is 0 Å². The summed E-state index contributed by atoms with van der Waals surface area (Å²) in [5, 5.41) is 4.56. The molecular weight excluding hydrogens is 241 g/mol. The maximum absolute atomic E-state index is 13.5. The fourth-order valence-corrected chi connectivity index (χ4v) is 2.73. The third kappa shape index (κ3) is 2.21. The van der Waals surface area contributed by atoms with E-state index in [1.807, 2.05) is 18.2 Å². The fraction of sp³-hybridized carbons (Fsp3) is 0.312. The van der Waals surface area contributed by atoms with Gasteiger partial charge < -0.3 is 5.32 Å². The van der Waals surface area contributed by atoms with E-state index in [1.54, 1.807) is 13.1 Å².